The van der Waals surface area contributed by atoms with Crippen LogP contribution in [0.4, 0.5) is 0 Å². The summed E-state index contributed by atoms with van der Waals surface area (Å²) in [5.41, 5.74) is 6.65. The Kier molecular flexibility index (Phi) is 4.65. The molecule has 2 aromatic carbocycles. The number of rotatable bonds is 4. The van der Waals surface area contributed by atoms with Crippen LogP contribution in [0.25, 0.3) is 22.2 Å². The molecule has 0 saturated carbocycles. The lowest BCUT2D eigenvalue weighted by Gasteiger charge is -2.11. The fourth-order valence-electron chi connectivity index (χ4n) is 3.25. The Morgan fingerprint density at radius 2 is 1.89 bits per heavy atom. The number of aryl methyl sites for hydroxylation is 3. The van der Waals surface area contributed by atoms with E-state index in [0.29, 0.717) is 12.1 Å². The number of carbonyl (C=O) groups excluding carboxylic acids is 1. The van der Waals surface area contributed by atoms with Crippen LogP contribution >= 0.6 is 0 Å². The van der Waals surface area contributed by atoms with Crippen molar-refractivity contribution in [1.29, 1.82) is 0 Å². The van der Waals surface area contributed by atoms with E-state index in [1.807, 2.05) is 43.6 Å². The van der Waals surface area contributed by atoms with Gasteiger partial charge in [-0.2, -0.15) is 5.10 Å². The number of amides is 1. The van der Waals surface area contributed by atoms with Crippen molar-refractivity contribution in [2.45, 2.75) is 20.4 Å². The molecule has 0 spiro atoms. The predicted octanol–water partition coefficient (Wildman–Crippen LogP) is 4.18. The summed E-state index contributed by atoms with van der Waals surface area (Å²) < 4.78 is 1.72. The van der Waals surface area contributed by atoms with Gasteiger partial charge in [-0.15, -0.1) is 0 Å². The highest BCUT2D eigenvalue weighted by Gasteiger charge is 2.14. The Bertz CT molecular complexity index is 1180. The summed E-state index contributed by atoms with van der Waals surface area (Å²) in [7, 11) is 1.86. The van der Waals surface area contributed by atoms with Crippen molar-refractivity contribution in [2.75, 3.05) is 0 Å². The van der Waals surface area contributed by atoms with Crippen molar-refractivity contribution in [2.24, 2.45) is 7.05 Å². The predicted molar refractivity (Wildman–Crippen MR) is 111 cm³/mol. The van der Waals surface area contributed by atoms with Crippen molar-refractivity contribution in [3.63, 3.8) is 0 Å². The van der Waals surface area contributed by atoms with Gasteiger partial charge in [0.15, 0.2) is 0 Å². The molecule has 0 fully saturated rings. The average Bonchev–Trinajstić information content (AvgIpc) is 3.12. The number of fused-ring (bicyclic) bond motifs is 1. The van der Waals surface area contributed by atoms with Crippen molar-refractivity contribution >= 4 is 16.8 Å². The van der Waals surface area contributed by atoms with Crippen LogP contribution in [-0.4, -0.2) is 20.7 Å². The molecule has 0 aliphatic rings. The van der Waals surface area contributed by atoms with E-state index >= 15 is 0 Å². The van der Waals surface area contributed by atoms with Crippen LogP contribution in [0, 0.1) is 13.8 Å². The maximum absolute atomic E-state index is 13.0. The molecule has 0 atom stereocenters. The number of nitrogens with zero attached hydrogens (tertiary/aromatic N) is 3. The molecule has 2 aromatic heterocycles. The lowest BCUT2D eigenvalue weighted by Crippen LogP contribution is -2.23. The molecular formula is C23H22N4O. The largest absolute Gasteiger partial charge is 0.348 e. The Balaban J connectivity index is 1.73. The standard InChI is InChI=1S/C23H22N4O/c1-15-8-9-18(10-16(15)2)22-11-20(19-6-4-5-7-21(19)26-22)23(28)24-12-17-13-25-27(3)14-17/h4-11,13-14H,12H2,1-3H3,(H,24,28). The van der Waals surface area contributed by atoms with Gasteiger partial charge < -0.3 is 5.32 Å². The molecule has 5 heteroatoms. The summed E-state index contributed by atoms with van der Waals surface area (Å²) >= 11 is 0. The molecule has 1 N–H and O–H groups in total. The van der Waals surface area contributed by atoms with Gasteiger partial charge in [-0.25, -0.2) is 4.98 Å². The Morgan fingerprint density at radius 1 is 1.07 bits per heavy atom. The maximum Gasteiger partial charge on any atom is 0.252 e. The number of para-hydroxylation sites is 1. The highest BCUT2D eigenvalue weighted by molar-refractivity contribution is 6.07. The summed E-state index contributed by atoms with van der Waals surface area (Å²) in [6.07, 6.45) is 3.65. The second-order valence-electron chi connectivity index (χ2n) is 7.08. The molecule has 0 aliphatic heterocycles. The van der Waals surface area contributed by atoms with Crippen LogP contribution in [0.15, 0.2) is 60.9 Å². The van der Waals surface area contributed by atoms with Crippen LogP contribution < -0.4 is 5.32 Å². The van der Waals surface area contributed by atoms with E-state index in [0.717, 1.165) is 27.7 Å². The normalized spacial score (nSPS) is 11.0. The Hall–Kier alpha value is -3.47. The maximum atomic E-state index is 13.0. The minimum atomic E-state index is -0.118. The fourth-order valence-corrected chi connectivity index (χ4v) is 3.25. The molecule has 4 rings (SSSR count). The molecule has 1 amide bonds. The monoisotopic (exact) mass is 370 g/mol. The molecule has 2 heterocycles. The molecule has 0 unspecified atom stereocenters. The van der Waals surface area contributed by atoms with Crippen molar-refractivity contribution in [3.8, 4) is 11.3 Å². The van der Waals surface area contributed by atoms with E-state index in [1.54, 1.807) is 10.9 Å². The first-order chi connectivity index (χ1) is 13.5. The second-order valence-corrected chi connectivity index (χ2v) is 7.08. The fraction of sp³-hybridized carbons (Fsp3) is 0.174. The highest BCUT2D eigenvalue weighted by atomic mass is 16.1. The third kappa shape index (κ3) is 3.51. The summed E-state index contributed by atoms with van der Waals surface area (Å²) in [5.74, 6) is -0.118. The van der Waals surface area contributed by atoms with E-state index < -0.39 is 0 Å². The molecule has 28 heavy (non-hydrogen) atoms. The smallest absolute Gasteiger partial charge is 0.252 e. The minimum Gasteiger partial charge on any atom is -0.348 e. The average molecular weight is 370 g/mol. The molecule has 0 radical (unpaired) electrons. The molecular weight excluding hydrogens is 348 g/mol. The number of nitrogens with one attached hydrogen (secondary N) is 1. The van der Waals surface area contributed by atoms with Crippen molar-refractivity contribution in [1.82, 2.24) is 20.1 Å². The quantitative estimate of drug-likeness (QED) is 0.586. The first-order valence-electron chi connectivity index (χ1n) is 9.24. The number of aromatic nitrogens is 3. The van der Waals surface area contributed by atoms with Gasteiger partial charge >= 0.3 is 0 Å². The van der Waals surface area contributed by atoms with Crippen LogP contribution in [-0.2, 0) is 13.6 Å². The van der Waals surface area contributed by atoms with Crippen molar-refractivity contribution in [3.05, 3.63) is 83.2 Å². The molecule has 0 saturated heterocycles. The zero-order valence-electron chi connectivity index (χ0n) is 16.2. The molecule has 4 aromatic rings. The zero-order chi connectivity index (χ0) is 19.7. The number of benzene rings is 2. The molecule has 140 valence electrons. The third-order valence-electron chi connectivity index (χ3n) is 4.97. The first-order valence-corrected chi connectivity index (χ1v) is 9.24. The van der Waals surface area contributed by atoms with Crippen LogP contribution in [0.3, 0.4) is 0 Å². The third-order valence-corrected chi connectivity index (χ3v) is 4.97. The zero-order valence-corrected chi connectivity index (χ0v) is 16.2. The molecule has 5 nitrogen and oxygen atoms in total. The lowest BCUT2D eigenvalue weighted by atomic mass is 10.0. The van der Waals surface area contributed by atoms with E-state index in [2.05, 4.69) is 42.5 Å². The Labute approximate surface area is 164 Å². The van der Waals surface area contributed by atoms with Crippen LogP contribution in [0.1, 0.15) is 27.0 Å². The van der Waals surface area contributed by atoms with E-state index in [1.165, 1.54) is 11.1 Å². The summed E-state index contributed by atoms with van der Waals surface area (Å²) in [5, 5.41) is 7.99. The number of hydrogen-bond acceptors (Lipinski definition) is 3. The van der Waals surface area contributed by atoms with Gasteiger partial charge in [-0.1, -0.05) is 30.3 Å². The number of hydrogen-bond donors (Lipinski definition) is 1. The van der Waals surface area contributed by atoms with Gasteiger partial charge in [0.05, 0.1) is 23.0 Å². The highest BCUT2D eigenvalue weighted by Crippen LogP contribution is 2.26. The minimum absolute atomic E-state index is 0.118. The van der Waals surface area contributed by atoms with Crippen LogP contribution in [0.5, 0.6) is 0 Å². The summed E-state index contributed by atoms with van der Waals surface area (Å²) in [6.45, 7) is 4.61. The van der Waals surface area contributed by atoms with Gasteiger partial charge in [0.2, 0.25) is 0 Å². The van der Waals surface area contributed by atoms with Gasteiger partial charge in [-0.05, 0) is 43.2 Å². The van der Waals surface area contributed by atoms with E-state index in [9.17, 15) is 4.79 Å². The van der Waals surface area contributed by atoms with E-state index in [4.69, 9.17) is 4.98 Å². The van der Waals surface area contributed by atoms with Crippen LogP contribution in [0.2, 0.25) is 0 Å². The van der Waals surface area contributed by atoms with Gasteiger partial charge in [-0.3, -0.25) is 9.48 Å². The SMILES string of the molecule is Cc1ccc(-c2cc(C(=O)NCc3cnn(C)c3)c3ccccc3n2)cc1C. The summed E-state index contributed by atoms with van der Waals surface area (Å²) in [6, 6.07) is 15.9. The van der Waals surface area contributed by atoms with Gasteiger partial charge in [0, 0.05) is 36.3 Å². The molecule has 0 bridgehead atoms. The lowest BCUT2D eigenvalue weighted by molar-refractivity contribution is 0.0952. The molecule has 0 aliphatic carbocycles. The number of pyridine rings is 1. The van der Waals surface area contributed by atoms with E-state index in [-0.39, 0.29) is 5.91 Å². The first kappa shape index (κ1) is 17.9. The Morgan fingerprint density at radius 3 is 2.64 bits per heavy atom. The number of carbonyl (C=O) groups is 1. The topological polar surface area (TPSA) is 59.8 Å². The van der Waals surface area contributed by atoms with Crippen molar-refractivity contribution < 1.29 is 4.79 Å². The van der Waals surface area contributed by atoms with Gasteiger partial charge in [0.1, 0.15) is 0 Å². The van der Waals surface area contributed by atoms with Gasteiger partial charge in [0.25, 0.3) is 5.91 Å². The second kappa shape index (κ2) is 7.27. The summed E-state index contributed by atoms with van der Waals surface area (Å²) in [4.78, 5) is 17.8.